The van der Waals surface area contributed by atoms with Gasteiger partial charge in [-0.15, -0.1) is 0 Å². The van der Waals surface area contributed by atoms with Crippen molar-refractivity contribution in [3.63, 3.8) is 0 Å². The van der Waals surface area contributed by atoms with Crippen LogP contribution in [-0.4, -0.2) is 10.9 Å². The standard InChI is InChI=1S/C10H12N2O/c1-7-2-3-9(10(13)12-7)8-4-5-11-6-8/h4-6,9,11H,1-3H2,(H,12,13). The van der Waals surface area contributed by atoms with Crippen molar-refractivity contribution in [1.29, 1.82) is 0 Å². The second-order valence-electron chi connectivity index (χ2n) is 3.33. The lowest BCUT2D eigenvalue weighted by molar-refractivity contribution is -0.122. The molecule has 1 aromatic rings. The highest BCUT2D eigenvalue weighted by Crippen LogP contribution is 2.26. The van der Waals surface area contributed by atoms with E-state index in [4.69, 9.17) is 0 Å². The summed E-state index contributed by atoms with van der Waals surface area (Å²) in [7, 11) is 0. The van der Waals surface area contributed by atoms with E-state index >= 15 is 0 Å². The predicted octanol–water partition coefficient (Wildman–Crippen LogP) is 1.52. The third-order valence-corrected chi connectivity index (χ3v) is 2.38. The summed E-state index contributed by atoms with van der Waals surface area (Å²) in [5.74, 6) is 0.0626. The van der Waals surface area contributed by atoms with Crippen LogP contribution in [0.25, 0.3) is 0 Å². The molecule has 0 spiro atoms. The number of H-pyrrole nitrogens is 1. The fraction of sp³-hybridized carbons (Fsp3) is 0.300. The van der Waals surface area contributed by atoms with Crippen LogP contribution >= 0.6 is 0 Å². The molecule has 1 saturated heterocycles. The Balaban J connectivity index is 2.17. The fourth-order valence-corrected chi connectivity index (χ4v) is 1.65. The number of nitrogens with one attached hydrogen (secondary N) is 2. The van der Waals surface area contributed by atoms with Gasteiger partial charge in [0.25, 0.3) is 0 Å². The zero-order valence-corrected chi connectivity index (χ0v) is 7.34. The summed E-state index contributed by atoms with van der Waals surface area (Å²) in [5.41, 5.74) is 1.89. The number of aromatic amines is 1. The van der Waals surface area contributed by atoms with Crippen molar-refractivity contribution in [3.8, 4) is 0 Å². The Morgan fingerprint density at radius 2 is 2.38 bits per heavy atom. The average molecular weight is 176 g/mol. The van der Waals surface area contributed by atoms with Gasteiger partial charge in [0.2, 0.25) is 5.91 Å². The summed E-state index contributed by atoms with van der Waals surface area (Å²) in [5, 5.41) is 2.77. The lowest BCUT2D eigenvalue weighted by Gasteiger charge is -2.22. The van der Waals surface area contributed by atoms with E-state index in [9.17, 15) is 4.79 Å². The number of piperidine rings is 1. The number of aromatic nitrogens is 1. The molecule has 0 aliphatic carbocycles. The summed E-state index contributed by atoms with van der Waals surface area (Å²) in [6.07, 6.45) is 5.45. The summed E-state index contributed by atoms with van der Waals surface area (Å²) in [4.78, 5) is 14.5. The molecule has 68 valence electrons. The van der Waals surface area contributed by atoms with E-state index in [-0.39, 0.29) is 11.8 Å². The molecule has 1 unspecified atom stereocenters. The maximum Gasteiger partial charge on any atom is 0.231 e. The Bertz CT molecular complexity index is 327. The van der Waals surface area contributed by atoms with Crippen molar-refractivity contribution in [2.45, 2.75) is 18.8 Å². The van der Waals surface area contributed by atoms with Crippen LogP contribution in [0.3, 0.4) is 0 Å². The van der Waals surface area contributed by atoms with Crippen molar-refractivity contribution >= 4 is 5.91 Å². The Morgan fingerprint density at radius 3 is 3.00 bits per heavy atom. The maximum atomic E-state index is 11.5. The molecule has 0 bridgehead atoms. The monoisotopic (exact) mass is 176 g/mol. The predicted molar refractivity (Wildman–Crippen MR) is 50.1 cm³/mol. The highest BCUT2D eigenvalue weighted by atomic mass is 16.1. The summed E-state index contributed by atoms with van der Waals surface area (Å²) < 4.78 is 0. The molecule has 2 heterocycles. The molecule has 2 N–H and O–H groups in total. The van der Waals surface area contributed by atoms with Crippen LogP contribution in [0.1, 0.15) is 24.3 Å². The van der Waals surface area contributed by atoms with Crippen molar-refractivity contribution in [1.82, 2.24) is 10.3 Å². The zero-order valence-electron chi connectivity index (χ0n) is 7.34. The van der Waals surface area contributed by atoms with E-state index in [0.29, 0.717) is 0 Å². The van der Waals surface area contributed by atoms with Crippen molar-refractivity contribution in [3.05, 3.63) is 36.3 Å². The molecular weight excluding hydrogens is 164 g/mol. The fourth-order valence-electron chi connectivity index (χ4n) is 1.65. The minimum Gasteiger partial charge on any atom is -0.367 e. The second kappa shape index (κ2) is 3.09. The second-order valence-corrected chi connectivity index (χ2v) is 3.33. The molecular formula is C10H12N2O. The first kappa shape index (κ1) is 8.10. The molecule has 1 fully saturated rings. The average Bonchev–Trinajstić information content (AvgIpc) is 2.56. The first-order chi connectivity index (χ1) is 6.27. The van der Waals surface area contributed by atoms with Crippen LogP contribution in [0, 0.1) is 0 Å². The number of amides is 1. The summed E-state index contributed by atoms with van der Waals surface area (Å²) >= 11 is 0. The summed E-state index contributed by atoms with van der Waals surface area (Å²) in [6, 6.07) is 1.94. The van der Waals surface area contributed by atoms with Crippen LogP contribution in [0.5, 0.6) is 0 Å². The third kappa shape index (κ3) is 1.49. The minimum atomic E-state index is -0.00301. The van der Waals surface area contributed by atoms with E-state index < -0.39 is 0 Å². The smallest absolute Gasteiger partial charge is 0.231 e. The van der Waals surface area contributed by atoms with Crippen molar-refractivity contribution < 1.29 is 4.79 Å². The summed E-state index contributed by atoms with van der Waals surface area (Å²) in [6.45, 7) is 3.74. The van der Waals surface area contributed by atoms with E-state index in [1.807, 2.05) is 18.5 Å². The topological polar surface area (TPSA) is 44.9 Å². The minimum absolute atomic E-state index is 0.00301. The van der Waals surface area contributed by atoms with Crippen LogP contribution in [0.4, 0.5) is 0 Å². The Labute approximate surface area is 76.8 Å². The normalized spacial score (nSPS) is 22.9. The van der Waals surface area contributed by atoms with Gasteiger partial charge in [0.05, 0.1) is 5.92 Å². The molecule has 1 amide bonds. The first-order valence-corrected chi connectivity index (χ1v) is 4.38. The van der Waals surface area contributed by atoms with E-state index in [0.717, 1.165) is 24.1 Å². The van der Waals surface area contributed by atoms with Crippen LogP contribution < -0.4 is 5.32 Å². The van der Waals surface area contributed by atoms with Gasteiger partial charge >= 0.3 is 0 Å². The van der Waals surface area contributed by atoms with E-state index in [1.54, 1.807) is 0 Å². The maximum absolute atomic E-state index is 11.5. The van der Waals surface area contributed by atoms with Crippen LogP contribution in [-0.2, 0) is 4.79 Å². The lowest BCUT2D eigenvalue weighted by atomic mass is 9.92. The molecule has 3 nitrogen and oxygen atoms in total. The molecule has 1 aliphatic rings. The lowest BCUT2D eigenvalue weighted by Crippen LogP contribution is -2.32. The van der Waals surface area contributed by atoms with Gasteiger partial charge in [-0.1, -0.05) is 6.58 Å². The number of hydrogen-bond acceptors (Lipinski definition) is 1. The van der Waals surface area contributed by atoms with Gasteiger partial charge in [-0.2, -0.15) is 0 Å². The number of carbonyl (C=O) groups is 1. The largest absolute Gasteiger partial charge is 0.367 e. The molecule has 1 aromatic heterocycles. The third-order valence-electron chi connectivity index (χ3n) is 2.38. The van der Waals surface area contributed by atoms with E-state index in [1.165, 1.54) is 0 Å². The molecule has 2 rings (SSSR count). The quantitative estimate of drug-likeness (QED) is 0.669. The molecule has 3 heteroatoms. The van der Waals surface area contributed by atoms with Crippen LogP contribution in [0.2, 0.25) is 0 Å². The van der Waals surface area contributed by atoms with Gasteiger partial charge in [-0.25, -0.2) is 0 Å². The highest BCUT2D eigenvalue weighted by molar-refractivity contribution is 5.85. The Hall–Kier alpha value is -1.51. The van der Waals surface area contributed by atoms with Gasteiger partial charge in [-0.05, 0) is 24.5 Å². The number of carbonyl (C=O) groups excluding carboxylic acids is 1. The Kier molecular flexibility index (Phi) is 1.93. The highest BCUT2D eigenvalue weighted by Gasteiger charge is 2.25. The van der Waals surface area contributed by atoms with E-state index in [2.05, 4.69) is 16.9 Å². The number of rotatable bonds is 1. The van der Waals surface area contributed by atoms with Crippen molar-refractivity contribution in [2.24, 2.45) is 0 Å². The van der Waals surface area contributed by atoms with Crippen LogP contribution in [0.15, 0.2) is 30.7 Å². The zero-order chi connectivity index (χ0) is 9.26. The van der Waals surface area contributed by atoms with Gasteiger partial charge in [0.15, 0.2) is 0 Å². The van der Waals surface area contributed by atoms with Gasteiger partial charge in [0, 0.05) is 18.1 Å². The Morgan fingerprint density at radius 1 is 1.54 bits per heavy atom. The SMILES string of the molecule is C=C1CCC(c2cc[nH]c2)C(=O)N1. The molecule has 0 aromatic carbocycles. The number of hydrogen-bond donors (Lipinski definition) is 2. The van der Waals surface area contributed by atoms with Gasteiger partial charge in [0.1, 0.15) is 0 Å². The van der Waals surface area contributed by atoms with Gasteiger partial charge in [-0.3, -0.25) is 4.79 Å². The van der Waals surface area contributed by atoms with Crippen molar-refractivity contribution in [2.75, 3.05) is 0 Å². The molecule has 1 atom stereocenters. The molecule has 13 heavy (non-hydrogen) atoms. The molecule has 0 radical (unpaired) electrons. The first-order valence-electron chi connectivity index (χ1n) is 4.38. The number of allylic oxidation sites excluding steroid dienone is 1. The molecule has 1 aliphatic heterocycles. The van der Waals surface area contributed by atoms with Gasteiger partial charge < -0.3 is 10.3 Å². The molecule has 0 saturated carbocycles.